The normalized spacial score (nSPS) is 10.9. The first kappa shape index (κ1) is 33.3. The van der Waals surface area contributed by atoms with Crippen LogP contribution in [0.3, 0.4) is 0 Å². The van der Waals surface area contributed by atoms with Gasteiger partial charge < -0.3 is 0 Å². The fraction of sp³-hybridized carbons (Fsp3) is 0. The van der Waals surface area contributed by atoms with E-state index in [0.29, 0.717) is 0 Å². The Morgan fingerprint density at radius 2 is 0.333 bits per heavy atom. The SMILES string of the molecule is [O]=[Tc](=[O])(=[O])[O-].[O]=[Tc](=[O])(=[O])[O-].[O]=[Tc](=[O])(=[O])[O-].[O]=[Tc](=[O])(=[O])[O-].[Tc+4]. The molecular formula is O16Tc5. The van der Waals surface area contributed by atoms with Crippen molar-refractivity contribution in [3.63, 3.8) is 0 Å². The molecule has 0 spiro atoms. The molecule has 1 radical (unpaired) electrons. The van der Waals surface area contributed by atoms with Gasteiger partial charge in [0.05, 0.1) is 0 Å². The molecule has 0 atom stereocenters. The Bertz CT molecular complexity index is 669. The summed E-state index contributed by atoms with van der Waals surface area (Å²) in [6.07, 6.45) is 0. The van der Waals surface area contributed by atoms with Gasteiger partial charge in [-0.25, -0.2) is 0 Å². The minimum absolute atomic E-state index is 0. The number of hydrogen-bond donors (Lipinski definition) is 0. The van der Waals surface area contributed by atoms with Crippen molar-refractivity contribution in [2.45, 2.75) is 0 Å². The van der Waals surface area contributed by atoms with Gasteiger partial charge in [-0.3, -0.25) is 0 Å². The minimum Gasteiger partial charge on any atom is 4.00 e. The maximum absolute atomic E-state index is 8.62. The molecule has 0 amide bonds. The third-order valence-electron chi connectivity index (χ3n) is 0. The van der Waals surface area contributed by atoms with Crippen LogP contribution in [0.1, 0.15) is 0 Å². The number of hydrogen-bond acceptors (Lipinski definition) is 16. The van der Waals surface area contributed by atoms with E-state index in [4.69, 9.17) is 57.5 Å². The molecule has 0 aliphatic carbocycles. The van der Waals surface area contributed by atoms with Crippen LogP contribution in [0.5, 0.6) is 0 Å². The summed E-state index contributed by atoms with van der Waals surface area (Å²) >= 11 is -23.8. The molecule has 0 aromatic carbocycles. The van der Waals surface area contributed by atoms with Gasteiger partial charge in [-0.1, -0.05) is 0 Å². The van der Waals surface area contributed by atoms with Crippen molar-refractivity contribution in [1.29, 1.82) is 0 Å². The predicted molar refractivity (Wildman–Crippen MR) is 8.24 cm³/mol. The van der Waals surface area contributed by atoms with Gasteiger partial charge in [0.2, 0.25) is 0 Å². The molecule has 0 saturated carbocycles. The van der Waals surface area contributed by atoms with Gasteiger partial charge in [-0.2, -0.15) is 0 Å². The average molecular weight is 746 g/mol. The van der Waals surface area contributed by atoms with E-state index in [-0.39, 0.29) is 20.1 Å². The molecule has 0 N–H and O–H groups in total. The van der Waals surface area contributed by atoms with Crippen molar-refractivity contribution < 1.29 is 140 Å². The first-order valence-electron chi connectivity index (χ1n) is 2.47. The second-order valence-electron chi connectivity index (χ2n) is 1.51. The zero-order chi connectivity index (χ0) is 18.0. The van der Waals surface area contributed by atoms with Crippen molar-refractivity contribution in [2.24, 2.45) is 0 Å². The van der Waals surface area contributed by atoms with E-state index in [0.717, 1.165) is 0 Å². The molecule has 0 aliphatic heterocycles. The van der Waals surface area contributed by atoms with Gasteiger partial charge in [0.25, 0.3) is 0 Å². The van der Waals surface area contributed by atoms with Crippen LogP contribution < -0.4 is 15.5 Å². The zero-order valence-electron chi connectivity index (χ0n) is 8.42. The molecule has 0 aromatic heterocycles. The van der Waals surface area contributed by atoms with E-state index in [2.05, 4.69) is 0 Å². The standard InChI is InChI=1S/16O.5Tc/q;;;;;;;;;;;;4*-1;;;;;+4. The first-order chi connectivity index (χ1) is 8.00. The maximum atomic E-state index is 8.62. The molecule has 21 heavy (non-hydrogen) atoms. The Balaban J connectivity index is -0.0000000533. The third-order valence-corrected chi connectivity index (χ3v) is 0. The molecule has 0 saturated heterocycles. The molecule has 16 nitrogen and oxygen atoms in total. The molecule has 0 aliphatic rings. The topological polar surface area (TPSA) is 297 Å². The van der Waals surface area contributed by atoms with E-state index >= 15 is 0 Å². The Morgan fingerprint density at radius 1 is 0.333 bits per heavy atom. The van der Waals surface area contributed by atoms with Crippen molar-refractivity contribution in [3.8, 4) is 0 Å². The molecule has 0 heterocycles. The fourth-order valence-corrected chi connectivity index (χ4v) is 0. The maximum Gasteiger partial charge on any atom is 4.00 e. The van der Waals surface area contributed by atoms with Gasteiger partial charge in [0.1, 0.15) is 0 Å². The van der Waals surface area contributed by atoms with Gasteiger partial charge in [0, 0.05) is 0 Å². The van der Waals surface area contributed by atoms with Crippen LogP contribution in [0.25, 0.3) is 0 Å². The summed E-state index contributed by atoms with van der Waals surface area (Å²) < 4.78 is 138. The molecule has 0 bridgehead atoms. The van der Waals surface area contributed by atoms with Crippen LogP contribution in [0.2, 0.25) is 0 Å². The van der Waals surface area contributed by atoms with E-state index in [1.54, 1.807) is 0 Å². The number of rotatable bonds is 0. The van der Waals surface area contributed by atoms with Crippen molar-refractivity contribution in [2.75, 3.05) is 0 Å². The zero-order valence-corrected chi connectivity index (χ0v) is 17.7. The van der Waals surface area contributed by atoms with Crippen LogP contribution in [0, 0.1) is 0 Å². The Morgan fingerprint density at radius 3 is 0.333 bits per heavy atom. The summed E-state index contributed by atoms with van der Waals surface area (Å²) in [5, 5.41) is 0. The van der Waals surface area contributed by atoms with Crippen molar-refractivity contribution in [1.82, 2.24) is 0 Å². The summed E-state index contributed by atoms with van der Waals surface area (Å²) in [6.45, 7) is 0. The second-order valence-corrected chi connectivity index (χ2v) is 8.94. The molecule has 0 fully saturated rings. The van der Waals surface area contributed by atoms with Gasteiger partial charge >= 0.3 is 140 Å². The minimum atomic E-state index is -5.94. The van der Waals surface area contributed by atoms with Gasteiger partial charge in [-0.05, 0) is 0 Å². The second kappa shape index (κ2) is 13.2. The van der Waals surface area contributed by atoms with E-state index in [1.165, 1.54) is 0 Å². The predicted octanol–water partition coefficient (Wildman–Crippen LogP) is -6.19. The largest absolute Gasteiger partial charge is 4.00 e. The summed E-state index contributed by atoms with van der Waals surface area (Å²) in [5.74, 6) is 0. The molecular weight excluding hydrogens is 746 g/mol. The van der Waals surface area contributed by atoms with Crippen LogP contribution in [0.4, 0.5) is 0 Å². The first-order valence-corrected chi connectivity index (χ1v) is 14.6. The fourth-order valence-electron chi connectivity index (χ4n) is 0. The Kier molecular flexibility index (Phi) is 20.9. The summed E-state index contributed by atoms with van der Waals surface area (Å²) in [4.78, 5) is 0. The van der Waals surface area contributed by atoms with Crippen molar-refractivity contribution >= 4 is 0 Å². The smallest absolute Gasteiger partial charge is 4.00 e. The van der Waals surface area contributed by atoms with Crippen LogP contribution >= 0.6 is 0 Å². The van der Waals surface area contributed by atoms with Crippen LogP contribution in [0.15, 0.2) is 0 Å². The Labute approximate surface area is 138 Å². The molecule has 0 rings (SSSR count). The molecule has 131 valence electrons. The average Bonchev–Trinajstić information content (AvgIpc) is 1.62. The van der Waals surface area contributed by atoms with Gasteiger partial charge in [0.15, 0.2) is 0 Å². The van der Waals surface area contributed by atoms with Crippen LogP contribution in [-0.4, -0.2) is 0 Å². The molecule has 21 heteroatoms. The van der Waals surface area contributed by atoms with Crippen molar-refractivity contribution in [3.05, 3.63) is 0 Å². The van der Waals surface area contributed by atoms with Gasteiger partial charge in [-0.15, -0.1) is 0 Å². The molecule has 0 unspecified atom stereocenters. The van der Waals surface area contributed by atoms with E-state index in [9.17, 15) is 0 Å². The summed E-state index contributed by atoms with van der Waals surface area (Å²) in [5.41, 5.74) is 0. The molecule has 0 aromatic rings. The Hall–Kier alpha value is 0.687. The monoisotopic (exact) mass is 740 g/mol. The van der Waals surface area contributed by atoms with E-state index < -0.39 is 62.1 Å². The quantitative estimate of drug-likeness (QED) is 0.223. The summed E-state index contributed by atoms with van der Waals surface area (Å²) in [6, 6.07) is 0. The summed E-state index contributed by atoms with van der Waals surface area (Å²) in [7, 11) is 0. The third kappa shape index (κ3) is 15300. The van der Waals surface area contributed by atoms with E-state index in [1.807, 2.05) is 0 Å². The van der Waals surface area contributed by atoms with Crippen LogP contribution in [-0.2, 0) is 124 Å².